The predicted molar refractivity (Wildman–Crippen MR) is 43.3 cm³/mol. The van der Waals surface area contributed by atoms with Crippen molar-refractivity contribution < 1.29 is 4.74 Å². The standard InChI is InChI=1S/C8H16N2O/c1-11-6-8-2-7(3-8,4-9)5-10-8/h10H,2-6,9H2,1H3. The highest BCUT2D eigenvalue weighted by atomic mass is 16.5. The molecule has 2 saturated heterocycles. The Bertz CT molecular complexity index is 163. The van der Waals surface area contributed by atoms with Gasteiger partial charge in [-0.3, -0.25) is 0 Å². The third-order valence-corrected chi connectivity index (χ3v) is 3.12. The van der Waals surface area contributed by atoms with E-state index in [1.54, 1.807) is 7.11 Å². The molecule has 64 valence electrons. The molecular weight excluding hydrogens is 140 g/mol. The molecule has 0 atom stereocenters. The second-order valence-electron chi connectivity index (χ2n) is 4.12. The molecule has 0 aromatic carbocycles. The van der Waals surface area contributed by atoms with Gasteiger partial charge in [0.15, 0.2) is 0 Å². The Balaban J connectivity index is 1.97. The summed E-state index contributed by atoms with van der Waals surface area (Å²) in [5.41, 5.74) is 6.41. The van der Waals surface area contributed by atoms with Gasteiger partial charge in [0.2, 0.25) is 0 Å². The van der Waals surface area contributed by atoms with Crippen molar-refractivity contribution in [3.8, 4) is 0 Å². The summed E-state index contributed by atoms with van der Waals surface area (Å²) >= 11 is 0. The summed E-state index contributed by atoms with van der Waals surface area (Å²) in [7, 11) is 1.76. The number of fused-ring (bicyclic) bond motifs is 1. The van der Waals surface area contributed by atoms with Crippen molar-refractivity contribution in [3.63, 3.8) is 0 Å². The van der Waals surface area contributed by atoms with Crippen LogP contribution in [0.25, 0.3) is 0 Å². The summed E-state index contributed by atoms with van der Waals surface area (Å²) in [4.78, 5) is 0. The molecule has 0 aromatic heterocycles. The van der Waals surface area contributed by atoms with Crippen molar-refractivity contribution >= 4 is 0 Å². The highest BCUT2D eigenvalue weighted by molar-refractivity contribution is 5.17. The van der Waals surface area contributed by atoms with Crippen LogP contribution in [0.2, 0.25) is 0 Å². The Kier molecular flexibility index (Phi) is 1.50. The van der Waals surface area contributed by atoms with Gasteiger partial charge in [-0.1, -0.05) is 0 Å². The zero-order valence-electron chi connectivity index (χ0n) is 7.02. The normalized spacial score (nSPS) is 47.5. The molecule has 11 heavy (non-hydrogen) atoms. The minimum absolute atomic E-state index is 0.300. The smallest absolute Gasteiger partial charge is 0.0644 e. The largest absolute Gasteiger partial charge is 0.383 e. The molecule has 2 heterocycles. The highest BCUT2D eigenvalue weighted by Gasteiger charge is 2.59. The van der Waals surface area contributed by atoms with Crippen LogP contribution in [0.5, 0.6) is 0 Å². The summed E-state index contributed by atoms with van der Waals surface area (Å²) in [5, 5.41) is 3.49. The van der Waals surface area contributed by atoms with Gasteiger partial charge in [-0.05, 0) is 24.8 Å². The molecule has 2 bridgehead atoms. The van der Waals surface area contributed by atoms with E-state index in [4.69, 9.17) is 10.5 Å². The van der Waals surface area contributed by atoms with Crippen molar-refractivity contribution in [1.29, 1.82) is 0 Å². The van der Waals surface area contributed by atoms with Crippen LogP contribution in [-0.2, 0) is 4.74 Å². The number of methoxy groups -OCH3 is 1. The van der Waals surface area contributed by atoms with Gasteiger partial charge < -0.3 is 15.8 Å². The maximum Gasteiger partial charge on any atom is 0.0644 e. The summed E-state index contributed by atoms with van der Waals surface area (Å²) < 4.78 is 5.15. The molecule has 3 aliphatic rings. The van der Waals surface area contributed by atoms with Crippen LogP contribution in [-0.4, -0.2) is 32.3 Å². The SMILES string of the molecule is COCC12CC(CN)(CN1)C2. The highest BCUT2D eigenvalue weighted by Crippen LogP contribution is 2.53. The van der Waals surface area contributed by atoms with Crippen LogP contribution in [0.3, 0.4) is 0 Å². The topological polar surface area (TPSA) is 47.3 Å². The van der Waals surface area contributed by atoms with Gasteiger partial charge in [-0.15, -0.1) is 0 Å². The van der Waals surface area contributed by atoms with Crippen LogP contribution in [0.4, 0.5) is 0 Å². The fraction of sp³-hybridized carbons (Fsp3) is 1.00. The second kappa shape index (κ2) is 2.19. The van der Waals surface area contributed by atoms with Crippen molar-refractivity contribution in [2.45, 2.75) is 18.4 Å². The lowest BCUT2D eigenvalue weighted by Crippen LogP contribution is -2.53. The van der Waals surface area contributed by atoms with Gasteiger partial charge in [-0.25, -0.2) is 0 Å². The van der Waals surface area contributed by atoms with Crippen LogP contribution in [0, 0.1) is 5.41 Å². The zero-order chi connectivity index (χ0) is 7.95. The van der Waals surface area contributed by atoms with Gasteiger partial charge in [-0.2, -0.15) is 0 Å². The number of nitrogens with one attached hydrogen (secondary N) is 1. The number of rotatable bonds is 3. The molecule has 0 radical (unpaired) electrons. The van der Waals surface area contributed by atoms with Gasteiger partial charge in [0.25, 0.3) is 0 Å². The van der Waals surface area contributed by atoms with Gasteiger partial charge in [0.05, 0.1) is 6.61 Å². The fourth-order valence-corrected chi connectivity index (χ4v) is 2.65. The van der Waals surface area contributed by atoms with E-state index in [9.17, 15) is 0 Å². The Labute approximate surface area is 67.3 Å². The molecule has 2 aliphatic heterocycles. The third-order valence-electron chi connectivity index (χ3n) is 3.12. The fourth-order valence-electron chi connectivity index (χ4n) is 2.65. The van der Waals surface area contributed by atoms with Crippen molar-refractivity contribution in [2.75, 3.05) is 26.8 Å². The summed E-state index contributed by atoms with van der Waals surface area (Å²) in [6, 6.07) is 0. The number of nitrogens with two attached hydrogens (primary N) is 1. The number of ether oxygens (including phenoxy) is 1. The van der Waals surface area contributed by atoms with Gasteiger partial charge >= 0.3 is 0 Å². The lowest BCUT2D eigenvalue weighted by atomic mass is 9.62. The lowest BCUT2D eigenvalue weighted by molar-refractivity contribution is 0.0372. The Morgan fingerprint density at radius 2 is 2.27 bits per heavy atom. The molecule has 0 spiro atoms. The minimum Gasteiger partial charge on any atom is -0.383 e. The molecule has 3 nitrogen and oxygen atoms in total. The van der Waals surface area contributed by atoms with E-state index in [2.05, 4.69) is 5.32 Å². The Hall–Kier alpha value is -0.120. The first-order chi connectivity index (χ1) is 5.24. The van der Waals surface area contributed by atoms with E-state index >= 15 is 0 Å². The van der Waals surface area contributed by atoms with Crippen molar-refractivity contribution in [3.05, 3.63) is 0 Å². The molecule has 0 unspecified atom stereocenters. The van der Waals surface area contributed by atoms with E-state index in [1.807, 2.05) is 0 Å². The maximum atomic E-state index is 5.68. The summed E-state index contributed by atoms with van der Waals surface area (Å²) in [6.07, 6.45) is 2.43. The second-order valence-corrected chi connectivity index (χ2v) is 4.12. The molecular formula is C8H16N2O. The average Bonchev–Trinajstić information content (AvgIpc) is 2.43. The molecule has 1 saturated carbocycles. The van der Waals surface area contributed by atoms with E-state index < -0.39 is 0 Å². The van der Waals surface area contributed by atoms with Crippen LogP contribution in [0.1, 0.15) is 12.8 Å². The average molecular weight is 156 g/mol. The minimum atomic E-state index is 0.300. The quantitative estimate of drug-likeness (QED) is 0.590. The monoisotopic (exact) mass is 156 g/mol. The van der Waals surface area contributed by atoms with Crippen molar-refractivity contribution in [2.24, 2.45) is 11.1 Å². The van der Waals surface area contributed by atoms with Gasteiger partial charge in [0, 0.05) is 19.2 Å². The molecule has 3 N–H and O–H groups in total. The Morgan fingerprint density at radius 3 is 2.73 bits per heavy atom. The summed E-state index contributed by atoms with van der Waals surface area (Å²) in [5.74, 6) is 0. The zero-order valence-corrected chi connectivity index (χ0v) is 7.02. The first-order valence-electron chi connectivity index (χ1n) is 4.18. The first-order valence-corrected chi connectivity index (χ1v) is 4.18. The van der Waals surface area contributed by atoms with E-state index in [1.165, 1.54) is 12.8 Å². The van der Waals surface area contributed by atoms with Crippen LogP contribution in [0.15, 0.2) is 0 Å². The molecule has 0 amide bonds. The van der Waals surface area contributed by atoms with E-state index in [0.29, 0.717) is 11.0 Å². The predicted octanol–water partition coefficient (Wildman–Crippen LogP) is -0.286. The first kappa shape index (κ1) is 7.53. The third kappa shape index (κ3) is 0.916. The summed E-state index contributed by atoms with van der Waals surface area (Å²) in [6.45, 7) is 2.76. The van der Waals surface area contributed by atoms with Crippen LogP contribution < -0.4 is 11.1 Å². The molecule has 1 aliphatic carbocycles. The number of hydrogen-bond acceptors (Lipinski definition) is 3. The molecule has 3 heteroatoms. The van der Waals surface area contributed by atoms with Crippen LogP contribution >= 0.6 is 0 Å². The van der Waals surface area contributed by atoms with E-state index in [-0.39, 0.29) is 0 Å². The van der Waals surface area contributed by atoms with E-state index in [0.717, 1.165) is 19.7 Å². The number of hydrogen-bond donors (Lipinski definition) is 2. The van der Waals surface area contributed by atoms with Crippen molar-refractivity contribution in [1.82, 2.24) is 5.32 Å². The lowest BCUT2D eigenvalue weighted by Gasteiger charge is -2.45. The molecule has 3 fully saturated rings. The molecule has 3 rings (SSSR count). The maximum absolute atomic E-state index is 5.68. The molecule has 0 aromatic rings. The Morgan fingerprint density at radius 1 is 1.55 bits per heavy atom. The van der Waals surface area contributed by atoms with Gasteiger partial charge in [0.1, 0.15) is 0 Å².